The van der Waals surface area contributed by atoms with Gasteiger partial charge in [-0.3, -0.25) is 0 Å². The van der Waals surface area contributed by atoms with Crippen molar-refractivity contribution in [3.63, 3.8) is 0 Å². The average Bonchev–Trinajstić information content (AvgIpc) is 2.30. The Hall–Kier alpha value is -1.51. The summed E-state index contributed by atoms with van der Waals surface area (Å²) in [5, 5.41) is 11.5. The van der Waals surface area contributed by atoms with Crippen LogP contribution in [0.1, 0.15) is 23.4 Å². The van der Waals surface area contributed by atoms with Crippen LogP contribution in [-0.2, 0) is 0 Å². The SMILES string of the molecule is Cc1nnnc2c1C=CCC=C2. The zero-order valence-corrected chi connectivity index (χ0v) is 6.86. The van der Waals surface area contributed by atoms with Crippen molar-refractivity contribution in [1.82, 2.24) is 15.4 Å². The number of hydrogen-bond acceptors (Lipinski definition) is 3. The van der Waals surface area contributed by atoms with E-state index >= 15 is 0 Å². The molecule has 1 aromatic rings. The van der Waals surface area contributed by atoms with E-state index in [0.717, 1.165) is 23.4 Å². The Labute approximate surface area is 70.8 Å². The van der Waals surface area contributed by atoms with Gasteiger partial charge in [-0.15, -0.1) is 10.2 Å². The highest BCUT2D eigenvalue weighted by molar-refractivity contribution is 5.65. The fourth-order valence-electron chi connectivity index (χ4n) is 1.20. The molecule has 0 aliphatic heterocycles. The van der Waals surface area contributed by atoms with Crippen molar-refractivity contribution in [2.45, 2.75) is 13.3 Å². The molecule has 0 unspecified atom stereocenters. The first kappa shape index (κ1) is 7.16. The van der Waals surface area contributed by atoms with Crippen molar-refractivity contribution in [3.05, 3.63) is 29.1 Å². The molecular weight excluding hydrogens is 150 g/mol. The van der Waals surface area contributed by atoms with Crippen LogP contribution in [0.15, 0.2) is 12.2 Å². The highest BCUT2D eigenvalue weighted by atomic mass is 15.3. The zero-order valence-electron chi connectivity index (χ0n) is 6.86. The minimum Gasteiger partial charge on any atom is -0.135 e. The van der Waals surface area contributed by atoms with Crippen molar-refractivity contribution < 1.29 is 0 Å². The molecule has 0 radical (unpaired) electrons. The summed E-state index contributed by atoms with van der Waals surface area (Å²) < 4.78 is 0. The lowest BCUT2D eigenvalue weighted by Gasteiger charge is -1.98. The van der Waals surface area contributed by atoms with Gasteiger partial charge in [0.05, 0.1) is 11.4 Å². The Morgan fingerprint density at radius 1 is 1.17 bits per heavy atom. The summed E-state index contributed by atoms with van der Waals surface area (Å²) in [6.07, 6.45) is 9.15. The molecule has 2 rings (SSSR count). The lowest BCUT2D eigenvalue weighted by Crippen LogP contribution is -1.97. The monoisotopic (exact) mass is 159 g/mol. The molecule has 12 heavy (non-hydrogen) atoms. The zero-order chi connectivity index (χ0) is 8.39. The fourth-order valence-corrected chi connectivity index (χ4v) is 1.20. The van der Waals surface area contributed by atoms with Crippen LogP contribution in [0, 0.1) is 6.92 Å². The predicted molar refractivity (Wildman–Crippen MR) is 47.2 cm³/mol. The minimum absolute atomic E-state index is 0.913. The van der Waals surface area contributed by atoms with Gasteiger partial charge in [-0.25, -0.2) is 0 Å². The van der Waals surface area contributed by atoms with Crippen molar-refractivity contribution in [2.24, 2.45) is 0 Å². The summed E-state index contributed by atoms with van der Waals surface area (Å²) in [5.74, 6) is 0. The lowest BCUT2D eigenvalue weighted by molar-refractivity contribution is 0.829. The van der Waals surface area contributed by atoms with E-state index < -0.39 is 0 Å². The van der Waals surface area contributed by atoms with Gasteiger partial charge in [0, 0.05) is 5.56 Å². The first-order chi connectivity index (χ1) is 5.88. The molecule has 1 aromatic heterocycles. The van der Waals surface area contributed by atoms with Gasteiger partial charge in [-0.2, -0.15) is 0 Å². The smallest absolute Gasteiger partial charge is 0.0963 e. The van der Waals surface area contributed by atoms with Crippen LogP contribution in [-0.4, -0.2) is 15.4 Å². The molecule has 0 fully saturated rings. The number of fused-ring (bicyclic) bond motifs is 1. The Kier molecular flexibility index (Phi) is 1.70. The van der Waals surface area contributed by atoms with Crippen LogP contribution >= 0.6 is 0 Å². The van der Waals surface area contributed by atoms with Gasteiger partial charge in [-0.1, -0.05) is 18.2 Å². The molecular formula is C9H9N3. The molecule has 0 saturated heterocycles. The largest absolute Gasteiger partial charge is 0.135 e. The quantitative estimate of drug-likeness (QED) is 0.577. The maximum atomic E-state index is 3.94. The Morgan fingerprint density at radius 2 is 2.00 bits per heavy atom. The first-order valence-corrected chi connectivity index (χ1v) is 3.91. The van der Waals surface area contributed by atoms with E-state index in [0.29, 0.717) is 0 Å². The summed E-state index contributed by atoms with van der Waals surface area (Å²) >= 11 is 0. The molecule has 0 spiro atoms. The second-order valence-corrected chi connectivity index (χ2v) is 2.71. The van der Waals surface area contributed by atoms with Crippen molar-refractivity contribution in [1.29, 1.82) is 0 Å². The number of allylic oxidation sites excluding steroid dienone is 2. The van der Waals surface area contributed by atoms with Crippen LogP contribution in [0.4, 0.5) is 0 Å². The number of rotatable bonds is 0. The van der Waals surface area contributed by atoms with Crippen LogP contribution < -0.4 is 0 Å². The van der Waals surface area contributed by atoms with Gasteiger partial charge in [0.1, 0.15) is 0 Å². The molecule has 0 bridgehead atoms. The fraction of sp³-hybridized carbons (Fsp3) is 0.222. The van der Waals surface area contributed by atoms with E-state index in [4.69, 9.17) is 0 Å². The average molecular weight is 159 g/mol. The van der Waals surface area contributed by atoms with Gasteiger partial charge in [0.15, 0.2) is 0 Å². The molecule has 0 atom stereocenters. The number of nitrogens with zero attached hydrogens (tertiary/aromatic N) is 3. The summed E-state index contributed by atoms with van der Waals surface area (Å²) in [6.45, 7) is 1.94. The molecule has 0 amide bonds. The minimum atomic E-state index is 0.913. The molecule has 0 saturated carbocycles. The van der Waals surface area contributed by atoms with Crippen LogP contribution in [0.5, 0.6) is 0 Å². The van der Waals surface area contributed by atoms with Crippen molar-refractivity contribution in [2.75, 3.05) is 0 Å². The second-order valence-electron chi connectivity index (χ2n) is 2.71. The van der Waals surface area contributed by atoms with Crippen LogP contribution in [0.3, 0.4) is 0 Å². The third-order valence-electron chi connectivity index (χ3n) is 1.85. The standard InChI is InChI=1S/C9H9N3/c1-7-8-5-3-2-4-6-9(8)11-12-10-7/h3-6H,2H2,1H3. The van der Waals surface area contributed by atoms with E-state index in [1.807, 2.05) is 19.1 Å². The van der Waals surface area contributed by atoms with Gasteiger partial charge in [0.25, 0.3) is 0 Å². The van der Waals surface area contributed by atoms with Crippen LogP contribution in [0.2, 0.25) is 0 Å². The summed E-state index contributed by atoms with van der Waals surface area (Å²) in [6, 6.07) is 0. The third kappa shape index (κ3) is 1.13. The van der Waals surface area contributed by atoms with E-state index in [9.17, 15) is 0 Å². The highest BCUT2D eigenvalue weighted by Crippen LogP contribution is 2.15. The molecule has 1 aliphatic carbocycles. The summed E-state index contributed by atoms with van der Waals surface area (Å²) in [4.78, 5) is 0. The number of aromatic nitrogens is 3. The van der Waals surface area contributed by atoms with E-state index in [-0.39, 0.29) is 0 Å². The normalized spacial score (nSPS) is 14.1. The Morgan fingerprint density at radius 3 is 2.92 bits per heavy atom. The molecule has 0 aromatic carbocycles. The van der Waals surface area contributed by atoms with Gasteiger partial charge < -0.3 is 0 Å². The maximum Gasteiger partial charge on any atom is 0.0963 e. The molecule has 60 valence electrons. The maximum absolute atomic E-state index is 3.94. The number of aryl methyl sites for hydroxylation is 1. The van der Waals surface area contributed by atoms with Gasteiger partial charge in [-0.05, 0) is 24.6 Å². The topological polar surface area (TPSA) is 38.7 Å². The van der Waals surface area contributed by atoms with Gasteiger partial charge in [0.2, 0.25) is 0 Å². The van der Waals surface area contributed by atoms with E-state index in [2.05, 4.69) is 27.6 Å². The number of hydrogen-bond donors (Lipinski definition) is 0. The van der Waals surface area contributed by atoms with Crippen molar-refractivity contribution >= 4 is 12.2 Å². The van der Waals surface area contributed by atoms with E-state index in [1.54, 1.807) is 0 Å². The third-order valence-corrected chi connectivity index (χ3v) is 1.85. The highest BCUT2D eigenvalue weighted by Gasteiger charge is 2.04. The first-order valence-electron chi connectivity index (χ1n) is 3.91. The Balaban J connectivity index is 2.65. The molecule has 3 heteroatoms. The second kappa shape index (κ2) is 2.85. The summed E-state index contributed by atoms with van der Waals surface area (Å²) in [7, 11) is 0. The lowest BCUT2D eigenvalue weighted by atomic mass is 10.2. The van der Waals surface area contributed by atoms with Crippen LogP contribution in [0.25, 0.3) is 12.2 Å². The van der Waals surface area contributed by atoms with Crippen molar-refractivity contribution in [3.8, 4) is 0 Å². The van der Waals surface area contributed by atoms with E-state index in [1.165, 1.54) is 0 Å². The molecule has 1 heterocycles. The predicted octanol–water partition coefficient (Wildman–Crippen LogP) is 1.61. The molecule has 3 nitrogen and oxygen atoms in total. The Bertz CT molecular complexity index is 353. The summed E-state index contributed by atoms with van der Waals surface area (Å²) in [5.41, 5.74) is 2.93. The molecule has 1 aliphatic rings. The molecule has 0 N–H and O–H groups in total. The van der Waals surface area contributed by atoms with Gasteiger partial charge >= 0.3 is 0 Å².